The highest BCUT2D eigenvalue weighted by Crippen LogP contribution is 2.37. The lowest BCUT2D eigenvalue weighted by Gasteiger charge is -2.28. The first-order valence-corrected chi connectivity index (χ1v) is 9.74. The number of hydrogen-bond donors (Lipinski definition) is 0. The quantitative estimate of drug-likeness (QED) is 0.363. The molecule has 0 aromatic carbocycles. The van der Waals surface area contributed by atoms with E-state index in [1.807, 2.05) is 12.3 Å². The molecule has 0 radical (unpaired) electrons. The minimum Gasteiger partial charge on any atom is -0.493 e. The topological polar surface area (TPSA) is 21.6 Å². The molecule has 2 heteroatoms. The van der Waals surface area contributed by atoms with E-state index in [1.54, 1.807) is 12.2 Å². The van der Waals surface area contributed by atoms with Gasteiger partial charge in [-0.1, -0.05) is 64.3 Å². The van der Waals surface area contributed by atoms with Crippen molar-refractivity contribution in [2.24, 2.45) is 16.8 Å². The van der Waals surface area contributed by atoms with Gasteiger partial charge in [0, 0.05) is 11.8 Å². The molecule has 2 aliphatic carbocycles. The first-order valence-electron chi connectivity index (χ1n) is 9.74. The number of aliphatic imine (C=N–C) groups is 1. The zero-order valence-electron chi connectivity index (χ0n) is 16.0. The number of rotatable bonds is 8. The van der Waals surface area contributed by atoms with Gasteiger partial charge in [-0.15, -0.1) is 0 Å². The highest BCUT2D eigenvalue weighted by molar-refractivity contribution is 5.85. The van der Waals surface area contributed by atoms with Crippen LogP contribution in [0.5, 0.6) is 0 Å². The normalized spacial score (nSPS) is 22.9. The minimum absolute atomic E-state index is 0.528. The molecule has 1 fully saturated rings. The minimum atomic E-state index is 0.528. The van der Waals surface area contributed by atoms with Crippen LogP contribution in [-0.2, 0) is 4.74 Å². The van der Waals surface area contributed by atoms with Crippen LogP contribution in [0, 0.1) is 11.8 Å². The molecule has 1 unspecified atom stereocenters. The summed E-state index contributed by atoms with van der Waals surface area (Å²) >= 11 is 0. The van der Waals surface area contributed by atoms with E-state index in [-0.39, 0.29) is 0 Å². The largest absolute Gasteiger partial charge is 0.493 e. The van der Waals surface area contributed by atoms with Crippen LogP contribution in [0.3, 0.4) is 0 Å². The highest BCUT2D eigenvalue weighted by Gasteiger charge is 2.24. The fourth-order valence-electron chi connectivity index (χ4n) is 3.90. The lowest BCUT2D eigenvalue weighted by molar-refractivity contribution is 0.227. The Morgan fingerprint density at radius 1 is 1.28 bits per heavy atom. The summed E-state index contributed by atoms with van der Waals surface area (Å²) in [4.78, 5) is 4.57. The van der Waals surface area contributed by atoms with Gasteiger partial charge in [-0.25, -0.2) is 0 Å². The number of hydrogen-bond acceptors (Lipinski definition) is 2. The van der Waals surface area contributed by atoms with Gasteiger partial charge >= 0.3 is 0 Å². The second-order valence-corrected chi connectivity index (χ2v) is 7.17. The van der Waals surface area contributed by atoms with Crippen LogP contribution in [-0.4, -0.2) is 12.8 Å². The van der Waals surface area contributed by atoms with Crippen molar-refractivity contribution < 1.29 is 4.74 Å². The Balaban J connectivity index is 2.25. The molecule has 2 aliphatic rings. The average Bonchev–Trinajstić information content (AvgIpc) is 2.62. The van der Waals surface area contributed by atoms with Crippen LogP contribution in [0.15, 0.2) is 65.1 Å². The van der Waals surface area contributed by atoms with E-state index >= 15 is 0 Å². The number of ether oxygens (including phenoxy) is 1. The van der Waals surface area contributed by atoms with E-state index in [0.717, 1.165) is 29.4 Å². The Kier molecular flexibility index (Phi) is 7.97. The molecular formula is C23H33NO. The molecule has 25 heavy (non-hydrogen) atoms. The molecule has 0 aliphatic heterocycles. The second kappa shape index (κ2) is 10.2. The Morgan fingerprint density at radius 2 is 2.04 bits per heavy atom. The molecular weight excluding hydrogens is 306 g/mol. The molecule has 1 saturated carbocycles. The van der Waals surface area contributed by atoms with Gasteiger partial charge in [0.15, 0.2) is 0 Å². The smallest absolute Gasteiger partial charge is 0.126 e. The van der Waals surface area contributed by atoms with Crippen molar-refractivity contribution in [1.29, 1.82) is 0 Å². The van der Waals surface area contributed by atoms with Crippen molar-refractivity contribution in [3.05, 3.63) is 60.1 Å². The van der Waals surface area contributed by atoms with Crippen molar-refractivity contribution in [2.45, 2.75) is 58.8 Å². The summed E-state index contributed by atoms with van der Waals surface area (Å²) in [5.74, 6) is 2.42. The zero-order valence-corrected chi connectivity index (χ0v) is 16.0. The zero-order chi connectivity index (χ0) is 18.1. The van der Waals surface area contributed by atoms with Gasteiger partial charge in [-0.05, 0) is 49.3 Å². The molecule has 2 rings (SSSR count). The van der Waals surface area contributed by atoms with Gasteiger partial charge in [0.1, 0.15) is 5.76 Å². The van der Waals surface area contributed by atoms with E-state index in [1.165, 1.54) is 44.1 Å². The van der Waals surface area contributed by atoms with Gasteiger partial charge in [0.25, 0.3) is 0 Å². The third kappa shape index (κ3) is 5.88. The Hall–Kier alpha value is -1.83. The highest BCUT2D eigenvalue weighted by atomic mass is 16.5. The van der Waals surface area contributed by atoms with Crippen LogP contribution in [0.25, 0.3) is 0 Å². The summed E-state index contributed by atoms with van der Waals surface area (Å²) in [5, 5.41) is 0. The lowest BCUT2D eigenvalue weighted by Crippen LogP contribution is -2.15. The van der Waals surface area contributed by atoms with Crippen LogP contribution in [0.1, 0.15) is 58.8 Å². The first-order chi connectivity index (χ1) is 12.2. The number of nitrogens with zero attached hydrogens (tertiary/aromatic N) is 1. The van der Waals surface area contributed by atoms with Crippen molar-refractivity contribution >= 4 is 6.21 Å². The van der Waals surface area contributed by atoms with Crippen molar-refractivity contribution in [3.63, 3.8) is 0 Å². The molecule has 0 aromatic heterocycles. The maximum Gasteiger partial charge on any atom is 0.126 e. The third-order valence-electron chi connectivity index (χ3n) is 5.01. The maximum absolute atomic E-state index is 6.08. The van der Waals surface area contributed by atoms with E-state index in [9.17, 15) is 0 Å². The summed E-state index contributed by atoms with van der Waals surface area (Å²) < 4.78 is 6.08. The number of allylic oxidation sites excluding steroid dienone is 6. The molecule has 136 valence electrons. The lowest BCUT2D eigenvalue weighted by atomic mass is 9.80. The van der Waals surface area contributed by atoms with E-state index in [4.69, 9.17) is 4.74 Å². The van der Waals surface area contributed by atoms with E-state index in [0.29, 0.717) is 12.5 Å². The molecule has 0 saturated heterocycles. The predicted molar refractivity (Wildman–Crippen MR) is 109 cm³/mol. The van der Waals surface area contributed by atoms with Crippen LogP contribution < -0.4 is 0 Å². The van der Waals surface area contributed by atoms with Gasteiger partial charge in [-0.3, -0.25) is 4.99 Å². The summed E-state index contributed by atoms with van der Waals surface area (Å²) in [6.45, 7) is 12.6. The molecule has 0 spiro atoms. The third-order valence-corrected chi connectivity index (χ3v) is 5.01. The molecule has 0 N–H and O–H groups in total. The summed E-state index contributed by atoms with van der Waals surface area (Å²) in [7, 11) is 0. The Morgan fingerprint density at radius 3 is 2.68 bits per heavy atom. The Labute approximate surface area is 153 Å². The van der Waals surface area contributed by atoms with Crippen molar-refractivity contribution in [2.75, 3.05) is 6.61 Å². The maximum atomic E-state index is 6.08. The second-order valence-electron chi connectivity index (χ2n) is 7.17. The van der Waals surface area contributed by atoms with E-state index < -0.39 is 0 Å². The van der Waals surface area contributed by atoms with Crippen molar-refractivity contribution in [3.8, 4) is 0 Å². The predicted octanol–water partition coefficient (Wildman–Crippen LogP) is 6.54. The van der Waals surface area contributed by atoms with Gasteiger partial charge in [0.2, 0.25) is 0 Å². The molecule has 0 heterocycles. The monoisotopic (exact) mass is 339 g/mol. The first kappa shape index (κ1) is 19.5. The van der Waals surface area contributed by atoms with Gasteiger partial charge < -0.3 is 4.74 Å². The fraction of sp³-hybridized carbons (Fsp3) is 0.522. The Bertz CT molecular complexity index is 585. The van der Waals surface area contributed by atoms with Gasteiger partial charge in [-0.2, -0.15) is 0 Å². The SMILES string of the molecule is C=C/C=C(C=C)/N=C/C1=CC(C)CC(CC2CCCCC2)=C1OCC. The molecule has 1 atom stereocenters. The standard InChI is InChI=1S/C23H33NO/c1-5-11-22(6-2)24-17-21-15-18(4)14-20(23(21)25-7-3)16-19-12-9-8-10-13-19/h5-6,11,15,17-19H,1-2,7-10,12-14,16H2,3-4H3/b22-11+,24-17+. The summed E-state index contributed by atoms with van der Waals surface area (Å²) in [6.07, 6.45) is 18.8. The molecule has 0 bridgehead atoms. The molecule has 0 amide bonds. The molecule has 0 aromatic rings. The van der Waals surface area contributed by atoms with Crippen LogP contribution in [0.2, 0.25) is 0 Å². The van der Waals surface area contributed by atoms with Crippen LogP contribution in [0.4, 0.5) is 0 Å². The summed E-state index contributed by atoms with van der Waals surface area (Å²) in [5.41, 5.74) is 3.42. The van der Waals surface area contributed by atoms with Crippen molar-refractivity contribution in [1.82, 2.24) is 0 Å². The summed E-state index contributed by atoms with van der Waals surface area (Å²) in [6, 6.07) is 0. The average molecular weight is 340 g/mol. The van der Waals surface area contributed by atoms with Crippen LogP contribution >= 0.6 is 0 Å². The van der Waals surface area contributed by atoms with Gasteiger partial charge in [0.05, 0.1) is 12.3 Å². The fourth-order valence-corrected chi connectivity index (χ4v) is 3.90. The molecule has 2 nitrogen and oxygen atoms in total. The van der Waals surface area contributed by atoms with E-state index in [2.05, 4.69) is 38.1 Å².